The van der Waals surface area contributed by atoms with Crippen molar-refractivity contribution >= 4 is 11.8 Å². The van der Waals surface area contributed by atoms with Crippen molar-refractivity contribution in [1.29, 1.82) is 0 Å². The quantitative estimate of drug-likeness (QED) is 0.818. The van der Waals surface area contributed by atoms with Gasteiger partial charge in [0.25, 0.3) is 11.8 Å². The fourth-order valence-electron chi connectivity index (χ4n) is 3.62. The number of rotatable bonds is 4. The van der Waals surface area contributed by atoms with Crippen molar-refractivity contribution in [3.05, 3.63) is 60.2 Å². The lowest BCUT2D eigenvalue weighted by molar-refractivity contribution is -0.142. The van der Waals surface area contributed by atoms with Crippen LogP contribution in [0.1, 0.15) is 23.2 Å². The zero-order valence-electron chi connectivity index (χ0n) is 15.8. The normalized spacial score (nSPS) is 19.5. The molecule has 0 saturated carbocycles. The van der Waals surface area contributed by atoms with Gasteiger partial charge in [0, 0.05) is 32.8 Å². The van der Waals surface area contributed by atoms with Crippen LogP contribution in [0.2, 0.25) is 0 Å². The Morgan fingerprint density at radius 1 is 0.893 bits per heavy atom. The molecule has 0 spiro atoms. The number of hydrogen-bond donors (Lipinski definition) is 0. The number of hydrogen-bond acceptors (Lipinski definition) is 4. The summed E-state index contributed by atoms with van der Waals surface area (Å²) in [5, 5.41) is 0. The van der Waals surface area contributed by atoms with E-state index in [9.17, 15) is 9.59 Å². The maximum Gasteiger partial charge on any atom is 0.257 e. The van der Waals surface area contributed by atoms with Crippen molar-refractivity contribution in [3.63, 3.8) is 0 Å². The van der Waals surface area contributed by atoms with Gasteiger partial charge in [-0.25, -0.2) is 0 Å². The van der Waals surface area contributed by atoms with Gasteiger partial charge in [-0.3, -0.25) is 9.59 Å². The SMILES string of the molecule is O=C(c1ccccc1Oc1ccccc1)N1CCN(C(=O)C2CCCO2)CC1. The van der Waals surface area contributed by atoms with Gasteiger partial charge in [0.1, 0.15) is 17.6 Å². The average Bonchev–Trinajstić information content (AvgIpc) is 3.29. The van der Waals surface area contributed by atoms with E-state index in [0.717, 1.165) is 12.8 Å². The zero-order chi connectivity index (χ0) is 19.3. The summed E-state index contributed by atoms with van der Waals surface area (Å²) in [5.41, 5.74) is 0.533. The van der Waals surface area contributed by atoms with Crippen LogP contribution in [-0.4, -0.2) is 60.5 Å². The van der Waals surface area contributed by atoms with Gasteiger partial charge >= 0.3 is 0 Å². The van der Waals surface area contributed by atoms with Crippen LogP contribution in [0.5, 0.6) is 11.5 Å². The lowest BCUT2D eigenvalue weighted by atomic mass is 10.1. The molecule has 6 nitrogen and oxygen atoms in total. The highest BCUT2D eigenvalue weighted by atomic mass is 16.5. The molecular formula is C22H24N2O4. The topological polar surface area (TPSA) is 59.1 Å². The predicted octanol–water partition coefficient (Wildman–Crippen LogP) is 2.94. The third kappa shape index (κ3) is 4.02. The summed E-state index contributed by atoms with van der Waals surface area (Å²) in [6, 6.07) is 16.7. The summed E-state index contributed by atoms with van der Waals surface area (Å²) in [5.74, 6) is 1.21. The van der Waals surface area contributed by atoms with E-state index in [1.807, 2.05) is 47.4 Å². The molecule has 2 aliphatic rings. The Bertz CT molecular complexity index is 825. The second-order valence-electron chi connectivity index (χ2n) is 7.03. The third-order valence-corrected chi connectivity index (χ3v) is 5.17. The fourth-order valence-corrected chi connectivity index (χ4v) is 3.62. The summed E-state index contributed by atoms with van der Waals surface area (Å²) in [4.78, 5) is 29.1. The molecule has 28 heavy (non-hydrogen) atoms. The Balaban J connectivity index is 1.41. The van der Waals surface area contributed by atoms with Crippen LogP contribution >= 0.6 is 0 Å². The first-order chi connectivity index (χ1) is 13.7. The molecule has 0 N–H and O–H groups in total. The van der Waals surface area contributed by atoms with E-state index in [4.69, 9.17) is 9.47 Å². The number of piperazine rings is 1. The Kier molecular flexibility index (Phi) is 5.58. The predicted molar refractivity (Wildman–Crippen MR) is 104 cm³/mol. The maximum absolute atomic E-state index is 13.1. The Morgan fingerprint density at radius 2 is 1.57 bits per heavy atom. The zero-order valence-corrected chi connectivity index (χ0v) is 15.8. The molecule has 6 heteroatoms. The maximum atomic E-state index is 13.1. The van der Waals surface area contributed by atoms with Crippen molar-refractivity contribution in [2.24, 2.45) is 0 Å². The van der Waals surface area contributed by atoms with E-state index in [-0.39, 0.29) is 17.9 Å². The Hall–Kier alpha value is -2.86. The fraction of sp³-hybridized carbons (Fsp3) is 0.364. The molecule has 2 heterocycles. The molecule has 2 fully saturated rings. The van der Waals surface area contributed by atoms with Crippen LogP contribution in [0, 0.1) is 0 Å². The lowest BCUT2D eigenvalue weighted by Gasteiger charge is -2.36. The van der Waals surface area contributed by atoms with Crippen LogP contribution in [0.3, 0.4) is 0 Å². The van der Waals surface area contributed by atoms with E-state index in [1.54, 1.807) is 17.0 Å². The highest BCUT2D eigenvalue weighted by molar-refractivity contribution is 5.97. The van der Waals surface area contributed by atoms with Crippen molar-refractivity contribution in [3.8, 4) is 11.5 Å². The molecule has 2 aliphatic heterocycles. The van der Waals surface area contributed by atoms with Gasteiger partial charge in [0.2, 0.25) is 0 Å². The summed E-state index contributed by atoms with van der Waals surface area (Å²) in [7, 11) is 0. The van der Waals surface area contributed by atoms with Crippen molar-refractivity contribution in [2.75, 3.05) is 32.8 Å². The summed E-state index contributed by atoms with van der Waals surface area (Å²) >= 11 is 0. The molecule has 2 aromatic rings. The van der Waals surface area contributed by atoms with Gasteiger partial charge in [-0.05, 0) is 37.1 Å². The minimum atomic E-state index is -0.303. The van der Waals surface area contributed by atoms with Gasteiger partial charge in [-0.15, -0.1) is 0 Å². The summed E-state index contributed by atoms with van der Waals surface area (Å²) in [6.07, 6.45) is 1.43. The molecule has 2 aromatic carbocycles. The van der Waals surface area contributed by atoms with E-state index in [2.05, 4.69) is 0 Å². The number of amides is 2. The first-order valence-corrected chi connectivity index (χ1v) is 9.74. The molecule has 2 saturated heterocycles. The average molecular weight is 380 g/mol. The van der Waals surface area contributed by atoms with E-state index in [0.29, 0.717) is 49.8 Å². The molecule has 0 radical (unpaired) electrons. The molecule has 1 atom stereocenters. The first kappa shape index (κ1) is 18.5. The minimum Gasteiger partial charge on any atom is -0.457 e. The largest absolute Gasteiger partial charge is 0.457 e. The second kappa shape index (κ2) is 8.44. The molecule has 0 aromatic heterocycles. The van der Waals surface area contributed by atoms with Gasteiger partial charge in [0.15, 0.2) is 0 Å². The molecule has 0 bridgehead atoms. The molecule has 4 rings (SSSR count). The number of carbonyl (C=O) groups is 2. The standard InChI is InChI=1S/C22H24N2O4/c25-21(18-9-4-5-10-19(18)28-17-7-2-1-3-8-17)23-12-14-24(15-13-23)22(26)20-11-6-16-27-20/h1-5,7-10,20H,6,11-16H2. The summed E-state index contributed by atoms with van der Waals surface area (Å²) < 4.78 is 11.4. The van der Waals surface area contributed by atoms with Crippen molar-refractivity contribution in [1.82, 2.24) is 9.80 Å². The molecule has 1 unspecified atom stereocenters. The number of nitrogens with zero attached hydrogens (tertiary/aromatic N) is 2. The lowest BCUT2D eigenvalue weighted by Crippen LogP contribution is -2.52. The number of benzene rings is 2. The van der Waals surface area contributed by atoms with Crippen molar-refractivity contribution < 1.29 is 19.1 Å². The number of carbonyl (C=O) groups excluding carboxylic acids is 2. The summed E-state index contributed by atoms with van der Waals surface area (Å²) in [6.45, 7) is 2.75. The van der Waals surface area contributed by atoms with Crippen LogP contribution in [0.4, 0.5) is 0 Å². The highest BCUT2D eigenvalue weighted by Gasteiger charge is 2.32. The second-order valence-corrected chi connectivity index (χ2v) is 7.03. The van der Waals surface area contributed by atoms with Crippen LogP contribution in [0.25, 0.3) is 0 Å². The van der Waals surface area contributed by atoms with Gasteiger partial charge in [-0.1, -0.05) is 30.3 Å². The minimum absolute atomic E-state index is 0.0532. The Labute approximate surface area is 164 Å². The molecular weight excluding hydrogens is 356 g/mol. The highest BCUT2D eigenvalue weighted by Crippen LogP contribution is 2.26. The smallest absolute Gasteiger partial charge is 0.257 e. The van der Waals surface area contributed by atoms with Crippen LogP contribution in [0.15, 0.2) is 54.6 Å². The number of ether oxygens (including phenoxy) is 2. The van der Waals surface area contributed by atoms with E-state index >= 15 is 0 Å². The van der Waals surface area contributed by atoms with E-state index < -0.39 is 0 Å². The van der Waals surface area contributed by atoms with Crippen molar-refractivity contribution in [2.45, 2.75) is 18.9 Å². The van der Waals surface area contributed by atoms with Gasteiger partial charge < -0.3 is 19.3 Å². The third-order valence-electron chi connectivity index (χ3n) is 5.17. The van der Waals surface area contributed by atoms with Gasteiger partial charge in [-0.2, -0.15) is 0 Å². The monoisotopic (exact) mass is 380 g/mol. The first-order valence-electron chi connectivity index (χ1n) is 9.74. The molecule has 2 amide bonds. The van der Waals surface area contributed by atoms with E-state index in [1.165, 1.54) is 0 Å². The molecule has 0 aliphatic carbocycles. The molecule has 146 valence electrons. The number of para-hydroxylation sites is 2. The van der Waals surface area contributed by atoms with Crippen LogP contribution < -0.4 is 4.74 Å². The Morgan fingerprint density at radius 3 is 2.29 bits per heavy atom. The van der Waals surface area contributed by atoms with Crippen LogP contribution in [-0.2, 0) is 9.53 Å². The van der Waals surface area contributed by atoms with Gasteiger partial charge in [0.05, 0.1) is 5.56 Å².